The maximum Gasteiger partial charge on any atom is 0.223 e. The molecular weight excluding hydrogens is 254 g/mol. The number of hydrogen-bond donors (Lipinski definition) is 0. The summed E-state index contributed by atoms with van der Waals surface area (Å²) in [4.78, 5) is 12.7. The van der Waals surface area contributed by atoms with Gasteiger partial charge in [0.15, 0.2) is 9.84 Å². The second-order valence-corrected chi connectivity index (χ2v) is 6.06. The van der Waals surface area contributed by atoms with E-state index >= 15 is 0 Å². The van der Waals surface area contributed by atoms with E-state index in [1.807, 2.05) is 0 Å². The highest BCUT2D eigenvalue weighted by atomic mass is 32.2. The van der Waals surface area contributed by atoms with Crippen LogP contribution in [0.4, 0.5) is 5.69 Å². The third kappa shape index (κ3) is 3.54. The first-order valence-electron chi connectivity index (χ1n) is 5.53. The van der Waals surface area contributed by atoms with Crippen molar-refractivity contribution in [2.24, 2.45) is 0 Å². The van der Waals surface area contributed by atoms with Gasteiger partial charge in [-0.3, -0.25) is 4.79 Å². The highest BCUT2D eigenvalue weighted by Crippen LogP contribution is 2.18. The SMILES string of the molecule is CC(=O)N(C)c1ccc(S(=O)(=O)CCC[O])cc1. The third-order valence-corrected chi connectivity index (χ3v) is 4.43. The standard InChI is InChI=1S/C12H16NO4S/c1-10(15)13(2)11-4-6-12(7-5-11)18(16,17)9-3-8-14/h4-7H,3,8-9H2,1-2H3. The van der Waals surface area contributed by atoms with Crippen LogP contribution in [-0.2, 0) is 19.7 Å². The van der Waals surface area contributed by atoms with Crippen molar-refractivity contribution in [2.75, 3.05) is 24.3 Å². The molecule has 0 aliphatic rings. The molecule has 99 valence electrons. The van der Waals surface area contributed by atoms with Crippen molar-refractivity contribution < 1.29 is 18.3 Å². The number of anilines is 1. The summed E-state index contributed by atoms with van der Waals surface area (Å²) in [6, 6.07) is 6.06. The maximum atomic E-state index is 11.8. The Hall–Kier alpha value is -1.40. The van der Waals surface area contributed by atoms with Gasteiger partial charge in [0.1, 0.15) is 0 Å². The zero-order chi connectivity index (χ0) is 13.8. The fourth-order valence-electron chi connectivity index (χ4n) is 1.43. The highest BCUT2D eigenvalue weighted by Gasteiger charge is 2.14. The molecule has 1 radical (unpaired) electrons. The van der Waals surface area contributed by atoms with Crippen molar-refractivity contribution in [1.82, 2.24) is 0 Å². The Bertz CT molecular complexity index is 507. The van der Waals surface area contributed by atoms with Crippen LogP contribution < -0.4 is 4.90 Å². The molecule has 18 heavy (non-hydrogen) atoms. The summed E-state index contributed by atoms with van der Waals surface area (Å²) in [6.45, 7) is 1.03. The van der Waals surface area contributed by atoms with Crippen molar-refractivity contribution in [3.05, 3.63) is 24.3 Å². The number of hydrogen-bond acceptors (Lipinski definition) is 3. The Morgan fingerprint density at radius 1 is 1.22 bits per heavy atom. The molecule has 1 rings (SSSR count). The number of sulfone groups is 1. The first-order chi connectivity index (χ1) is 8.38. The number of benzene rings is 1. The normalized spacial score (nSPS) is 11.3. The zero-order valence-electron chi connectivity index (χ0n) is 10.4. The molecule has 6 heteroatoms. The lowest BCUT2D eigenvalue weighted by molar-refractivity contribution is -0.116. The predicted molar refractivity (Wildman–Crippen MR) is 67.7 cm³/mol. The summed E-state index contributed by atoms with van der Waals surface area (Å²) in [5.74, 6) is -0.268. The molecule has 1 aromatic rings. The lowest BCUT2D eigenvalue weighted by Crippen LogP contribution is -2.22. The monoisotopic (exact) mass is 270 g/mol. The van der Waals surface area contributed by atoms with E-state index in [9.17, 15) is 18.3 Å². The highest BCUT2D eigenvalue weighted by molar-refractivity contribution is 7.91. The minimum absolute atomic E-state index is 0.109. The molecule has 0 saturated carbocycles. The number of carbonyl (C=O) groups excluding carboxylic acids is 1. The second-order valence-electron chi connectivity index (χ2n) is 3.95. The Kier molecular flexibility index (Phi) is 4.86. The molecule has 0 N–H and O–H groups in total. The van der Waals surface area contributed by atoms with Crippen LogP contribution in [-0.4, -0.2) is 33.7 Å². The molecule has 0 aliphatic heterocycles. The van der Waals surface area contributed by atoms with Gasteiger partial charge in [-0.25, -0.2) is 13.5 Å². The number of carbonyl (C=O) groups is 1. The summed E-state index contributed by atoms with van der Waals surface area (Å²) < 4.78 is 23.6. The molecule has 0 atom stereocenters. The minimum Gasteiger partial charge on any atom is -0.316 e. The van der Waals surface area contributed by atoms with Crippen LogP contribution in [0, 0.1) is 0 Å². The van der Waals surface area contributed by atoms with Crippen LogP contribution in [0.3, 0.4) is 0 Å². The summed E-state index contributed by atoms with van der Waals surface area (Å²) in [5.41, 5.74) is 0.630. The molecule has 1 amide bonds. The molecule has 0 unspecified atom stereocenters. The fourth-order valence-corrected chi connectivity index (χ4v) is 2.71. The summed E-state index contributed by atoms with van der Waals surface area (Å²) >= 11 is 0. The number of amides is 1. The van der Waals surface area contributed by atoms with E-state index in [4.69, 9.17) is 0 Å². The van der Waals surface area contributed by atoms with E-state index in [0.717, 1.165) is 0 Å². The first kappa shape index (κ1) is 14.7. The van der Waals surface area contributed by atoms with E-state index in [-0.39, 0.29) is 23.0 Å². The van der Waals surface area contributed by atoms with Crippen LogP contribution in [0.1, 0.15) is 13.3 Å². The summed E-state index contributed by atoms with van der Waals surface area (Å²) in [5, 5.41) is 10.3. The lowest BCUT2D eigenvalue weighted by Gasteiger charge is -2.15. The van der Waals surface area contributed by atoms with E-state index in [2.05, 4.69) is 0 Å². The van der Waals surface area contributed by atoms with Crippen molar-refractivity contribution >= 4 is 21.4 Å². The summed E-state index contributed by atoms with van der Waals surface area (Å²) in [6.07, 6.45) is 0.109. The van der Waals surface area contributed by atoms with Crippen molar-refractivity contribution in [1.29, 1.82) is 0 Å². The zero-order valence-corrected chi connectivity index (χ0v) is 11.2. The molecule has 0 aromatic heterocycles. The van der Waals surface area contributed by atoms with Gasteiger partial charge in [-0.1, -0.05) is 0 Å². The maximum absolute atomic E-state index is 11.8. The molecule has 0 bridgehead atoms. The molecule has 0 aliphatic carbocycles. The molecule has 0 spiro atoms. The van der Waals surface area contributed by atoms with Crippen LogP contribution in [0.25, 0.3) is 0 Å². The smallest absolute Gasteiger partial charge is 0.223 e. The number of nitrogens with zero attached hydrogens (tertiary/aromatic N) is 1. The Morgan fingerprint density at radius 2 is 1.78 bits per heavy atom. The van der Waals surface area contributed by atoms with E-state index < -0.39 is 16.4 Å². The quantitative estimate of drug-likeness (QED) is 0.808. The van der Waals surface area contributed by atoms with Gasteiger partial charge in [-0.15, -0.1) is 0 Å². The Balaban J connectivity index is 2.92. The van der Waals surface area contributed by atoms with Gasteiger partial charge < -0.3 is 4.90 Å². The van der Waals surface area contributed by atoms with Gasteiger partial charge in [0.2, 0.25) is 5.91 Å². The fraction of sp³-hybridized carbons (Fsp3) is 0.417. The van der Waals surface area contributed by atoms with Crippen molar-refractivity contribution in [3.8, 4) is 0 Å². The summed E-state index contributed by atoms with van der Waals surface area (Å²) in [7, 11) is -1.77. The topological polar surface area (TPSA) is 74.3 Å². The van der Waals surface area contributed by atoms with Gasteiger partial charge in [0.05, 0.1) is 17.3 Å². The largest absolute Gasteiger partial charge is 0.316 e. The van der Waals surface area contributed by atoms with Crippen molar-refractivity contribution in [2.45, 2.75) is 18.2 Å². The van der Waals surface area contributed by atoms with E-state index in [0.29, 0.717) is 5.69 Å². The van der Waals surface area contributed by atoms with Gasteiger partial charge in [0.25, 0.3) is 0 Å². The van der Waals surface area contributed by atoms with Crippen LogP contribution in [0.5, 0.6) is 0 Å². The van der Waals surface area contributed by atoms with Crippen molar-refractivity contribution in [3.63, 3.8) is 0 Å². The van der Waals surface area contributed by atoms with Gasteiger partial charge >= 0.3 is 0 Å². The minimum atomic E-state index is -3.39. The molecular formula is C12H16NO4S. The van der Waals surface area contributed by atoms with Crippen LogP contribution >= 0.6 is 0 Å². The average molecular weight is 270 g/mol. The predicted octanol–water partition coefficient (Wildman–Crippen LogP) is 1.26. The van der Waals surface area contributed by atoms with Crippen LogP contribution in [0.2, 0.25) is 0 Å². The molecule has 0 saturated heterocycles. The second kappa shape index (κ2) is 5.97. The van der Waals surface area contributed by atoms with Gasteiger partial charge in [-0.05, 0) is 30.7 Å². The van der Waals surface area contributed by atoms with E-state index in [1.165, 1.54) is 24.0 Å². The Labute approximate surface area is 107 Å². The van der Waals surface area contributed by atoms with Gasteiger partial charge in [0, 0.05) is 19.7 Å². The molecule has 5 nitrogen and oxygen atoms in total. The Morgan fingerprint density at radius 3 is 2.22 bits per heavy atom. The number of rotatable bonds is 5. The lowest BCUT2D eigenvalue weighted by atomic mass is 10.3. The molecule has 0 fully saturated rings. The third-order valence-electron chi connectivity index (χ3n) is 2.61. The molecule has 0 heterocycles. The van der Waals surface area contributed by atoms with Crippen LogP contribution in [0.15, 0.2) is 29.2 Å². The first-order valence-corrected chi connectivity index (χ1v) is 7.19. The molecule has 1 aromatic carbocycles. The van der Waals surface area contributed by atoms with E-state index in [1.54, 1.807) is 19.2 Å². The average Bonchev–Trinajstić information content (AvgIpc) is 2.35. The van der Waals surface area contributed by atoms with Gasteiger partial charge in [-0.2, -0.15) is 0 Å².